The number of ether oxygens (including phenoxy) is 1. The molecule has 1 aliphatic heterocycles. The molecule has 23 nitrogen and oxygen atoms in total. The number of carbonyl (C=O) groups excluding carboxylic acids is 4. The molecule has 0 aliphatic carbocycles. The SMILES string of the molecule is O=CO[C@H](CCCCN(Cc1ccc(I)cc1)C(=O)CCCCNC(=O)CN1CCN(CC(=O)O)CCN(CC(=O)O)CCN(CC(=O)O)CC1)NC(=O)N[C@@H](CCC(=O)O)C(=O)O.[Lu+3]. The van der Waals surface area contributed by atoms with Crippen LogP contribution in [0.15, 0.2) is 24.3 Å². The third-order valence-electron chi connectivity index (χ3n) is 10.1. The minimum absolute atomic E-state index is 0. The number of carbonyl (C=O) groups is 9. The van der Waals surface area contributed by atoms with Gasteiger partial charge in [0.05, 0.1) is 26.2 Å². The molecule has 0 bridgehead atoms. The summed E-state index contributed by atoms with van der Waals surface area (Å²) in [4.78, 5) is 116. The molecular weight excluding hydrogens is 1130 g/mol. The van der Waals surface area contributed by atoms with Crippen LogP contribution in [0.5, 0.6) is 0 Å². The van der Waals surface area contributed by atoms with Gasteiger partial charge in [-0.3, -0.25) is 53.2 Å². The number of halogens is 1. The maximum absolute atomic E-state index is 13.5. The summed E-state index contributed by atoms with van der Waals surface area (Å²) in [6.07, 6.45) is 0.133. The van der Waals surface area contributed by atoms with Crippen molar-refractivity contribution in [3.63, 3.8) is 0 Å². The minimum Gasteiger partial charge on any atom is -0.481 e. The fourth-order valence-corrected chi connectivity index (χ4v) is 7.04. The summed E-state index contributed by atoms with van der Waals surface area (Å²) < 4.78 is 5.98. The van der Waals surface area contributed by atoms with E-state index in [-0.39, 0.29) is 146 Å². The Labute approximate surface area is 419 Å². The van der Waals surface area contributed by atoms with Gasteiger partial charge in [0.15, 0.2) is 6.23 Å². The van der Waals surface area contributed by atoms with Crippen molar-refractivity contribution in [2.45, 2.75) is 70.2 Å². The molecule has 4 amide bonds. The predicted octanol–water partition coefficient (Wildman–Crippen LogP) is -0.332. The van der Waals surface area contributed by atoms with Gasteiger partial charge in [0.1, 0.15) is 6.04 Å². The Morgan fingerprint density at radius 3 is 1.63 bits per heavy atom. The maximum atomic E-state index is 13.5. The van der Waals surface area contributed by atoms with Gasteiger partial charge in [-0.05, 0) is 72.4 Å². The predicted molar refractivity (Wildman–Crippen MR) is 235 cm³/mol. The normalized spacial score (nSPS) is 15.3. The summed E-state index contributed by atoms with van der Waals surface area (Å²) in [5.41, 5.74) is 0.899. The fraction of sp³-hybridized carbons (Fsp3) is 0.625. The van der Waals surface area contributed by atoms with E-state index < -0.39 is 54.6 Å². The van der Waals surface area contributed by atoms with Gasteiger partial charge >= 0.3 is 72.8 Å². The molecule has 0 unspecified atom stereocenters. The van der Waals surface area contributed by atoms with Gasteiger partial charge in [-0.1, -0.05) is 12.1 Å². The van der Waals surface area contributed by atoms with Crippen LogP contribution in [0.3, 0.4) is 0 Å². The molecule has 1 saturated heterocycles. The van der Waals surface area contributed by atoms with Crippen LogP contribution in [-0.2, 0) is 49.6 Å². The van der Waals surface area contributed by atoms with Crippen molar-refractivity contribution in [2.24, 2.45) is 0 Å². The maximum Gasteiger partial charge on any atom is 3.00 e. The van der Waals surface area contributed by atoms with Gasteiger partial charge in [-0.2, -0.15) is 0 Å². The zero-order valence-electron chi connectivity index (χ0n) is 36.0. The average Bonchev–Trinajstić information content (AvgIpc) is 3.21. The number of hydrogen-bond donors (Lipinski definition) is 8. The van der Waals surface area contributed by atoms with Gasteiger partial charge in [-0.15, -0.1) is 0 Å². The number of rotatable bonds is 28. The third-order valence-corrected chi connectivity index (χ3v) is 10.8. The van der Waals surface area contributed by atoms with Gasteiger partial charge < -0.3 is 51.1 Å². The number of carboxylic acid groups (broad SMARTS) is 5. The van der Waals surface area contributed by atoms with Crippen molar-refractivity contribution in [1.29, 1.82) is 0 Å². The molecule has 0 radical (unpaired) electrons. The number of nitrogens with one attached hydrogen (secondary N) is 3. The standard InChI is InChI=1S/C40H61IN8O15.Lu/c41-30-9-7-29(8-10-30)23-49(14-4-2-5-33(64-28-50)44-40(63)43-31(39(61)62)11-12-35(53)54)34(52)6-1-3-13-42-32(51)24-45-15-17-46(25-36(55)56)19-21-48(27-38(59)60)22-20-47(18-16-45)26-37(57)58;/h7-10,28,31,33H,1-6,11-27H2,(H,42,51)(H,53,54)(H,55,56)(H,57,58)(H,59,60)(H,61,62)(H2,43,44,63);/q;+3/t31-,33+;/m0./s1. The van der Waals surface area contributed by atoms with E-state index in [1.165, 1.54) is 0 Å². The van der Waals surface area contributed by atoms with E-state index in [2.05, 4.69) is 38.5 Å². The van der Waals surface area contributed by atoms with E-state index in [0.29, 0.717) is 51.9 Å². The number of urea groups is 1. The summed E-state index contributed by atoms with van der Waals surface area (Å²) in [5, 5.41) is 53.9. The first-order chi connectivity index (χ1) is 30.4. The van der Waals surface area contributed by atoms with Gasteiger partial charge in [-0.25, -0.2) is 9.59 Å². The van der Waals surface area contributed by atoms with Gasteiger partial charge in [0.2, 0.25) is 11.8 Å². The van der Waals surface area contributed by atoms with E-state index in [0.717, 1.165) is 9.13 Å². The molecule has 2 atom stereocenters. The van der Waals surface area contributed by atoms with Gasteiger partial charge in [0, 0.05) is 94.8 Å². The minimum atomic E-state index is -1.48. The van der Waals surface area contributed by atoms with E-state index in [9.17, 15) is 63.6 Å². The molecule has 0 spiro atoms. The average molecular weight is 1200 g/mol. The Balaban J connectivity index is 0.0000211. The smallest absolute Gasteiger partial charge is 0.481 e. The first-order valence-corrected chi connectivity index (χ1v) is 22.0. The van der Waals surface area contributed by atoms with Crippen LogP contribution in [0.2, 0.25) is 0 Å². The largest absolute Gasteiger partial charge is 3.00 e. The van der Waals surface area contributed by atoms with Crippen LogP contribution in [0.4, 0.5) is 4.79 Å². The summed E-state index contributed by atoms with van der Waals surface area (Å²) in [7, 11) is 0. The van der Waals surface area contributed by atoms with Crippen molar-refractivity contribution < 1.29 is 110 Å². The van der Waals surface area contributed by atoms with Crippen LogP contribution in [0, 0.1) is 40.4 Å². The van der Waals surface area contributed by atoms with Gasteiger partial charge in [0.25, 0.3) is 6.47 Å². The monoisotopic (exact) mass is 1200 g/mol. The van der Waals surface area contributed by atoms with E-state index in [1.54, 1.807) is 19.6 Å². The van der Waals surface area contributed by atoms with Crippen molar-refractivity contribution >= 4 is 76.8 Å². The topological polar surface area (TPSA) is 316 Å². The molecule has 0 aromatic heterocycles. The van der Waals surface area contributed by atoms with E-state index >= 15 is 0 Å². The number of unbranched alkanes of at least 4 members (excludes halogenated alkanes) is 2. The van der Waals surface area contributed by atoms with Crippen LogP contribution in [-0.4, -0.2) is 208 Å². The molecule has 1 heterocycles. The third kappa shape index (κ3) is 28.0. The second-order valence-electron chi connectivity index (χ2n) is 15.2. The fourth-order valence-electron chi connectivity index (χ4n) is 6.68. The molecule has 65 heavy (non-hydrogen) atoms. The summed E-state index contributed by atoms with van der Waals surface area (Å²) >= 11 is 2.18. The Hall–Kier alpha value is -3.95. The Kier molecular flexibility index (Phi) is 30.5. The number of nitrogens with zero attached hydrogens (tertiary/aromatic N) is 5. The second kappa shape index (κ2) is 33.5. The van der Waals surface area contributed by atoms with Crippen molar-refractivity contribution in [1.82, 2.24) is 40.4 Å². The number of aliphatic carboxylic acids is 5. The zero-order chi connectivity index (χ0) is 47.4. The van der Waals surface area contributed by atoms with E-state index in [4.69, 9.17) is 9.84 Å². The molecule has 2 rings (SSSR count). The number of carboxylic acids is 5. The molecule has 8 N–H and O–H groups in total. The van der Waals surface area contributed by atoms with Crippen molar-refractivity contribution in [2.75, 3.05) is 91.6 Å². The molecule has 1 aliphatic rings. The number of amides is 4. The summed E-state index contributed by atoms with van der Waals surface area (Å²) in [5.74, 6) is -6.25. The second-order valence-corrected chi connectivity index (χ2v) is 16.4. The quantitative estimate of drug-likeness (QED) is 0.0231. The van der Waals surface area contributed by atoms with Crippen LogP contribution >= 0.6 is 22.6 Å². The first-order valence-electron chi connectivity index (χ1n) is 20.9. The molecule has 1 aromatic rings. The molecule has 1 fully saturated rings. The summed E-state index contributed by atoms with van der Waals surface area (Å²) in [6.45, 7) is 2.33. The van der Waals surface area contributed by atoms with Crippen LogP contribution < -0.4 is 16.0 Å². The van der Waals surface area contributed by atoms with Crippen LogP contribution in [0.1, 0.15) is 56.9 Å². The van der Waals surface area contributed by atoms with Crippen molar-refractivity contribution in [3.8, 4) is 0 Å². The van der Waals surface area contributed by atoms with Crippen molar-refractivity contribution in [3.05, 3.63) is 33.4 Å². The number of benzene rings is 1. The molecule has 25 heteroatoms. The number of hydrogen-bond acceptors (Lipinski definition) is 14. The first kappa shape index (κ1) is 59.1. The van der Waals surface area contributed by atoms with Crippen LogP contribution in [0.25, 0.3) is 0 Å². The Bertz CT molecular complexity index is 1670. The molecular formula is C40H61ILuN8O15+3. The zero-order valence-corrected chi connectivity index (χ0v) is 39.8. The Morgan fingerprint density at radius 2 is 1.17 bits per heavy atom. The van der Waals surface area contributed by atoms with E-state index in [1.807, 2.05) is 29.2 Å². The molecule has 1 aromatic carbocycles. The molecule has 0 saturated carbocycles. The summed E-state index contributed by atoms with van der Waals surface area (Å²) in [6, 6.07) is 5.22. The Morgan fingerprint density at radius 1 is 0.662 bits per heavy atom. The molecule has 370 valence electrons.